The minimum Gasteiger partial charge on any atom is -0.343 e. The Hall–Kier alpha value is 0.688. The first-order valence-corrected chi connectivity index (χ1v) is 8.49. The second-order valence-electron chi connectivity index (χ2n) is 8.17. The van der Waals surface area contributed by atoms with Crippen molar-refractivity contribution in [1.29, 1.82) is 0 Å². The molecule has 2 aliphatic rings. The van der Waals surface area contributed by atoms with Gasteiger partial charge in [-0.15, -0.1) is 0 Å². The van der Waals surface area contributed by atoms with Crippen LogP contribution in [0, 0.1) is 47.8 Å². The molecule has 0 saturated heterocycles. The van der Waals surface area contributed by atoms with Crippen LogP contribution in [0.4, 0.5) is 0 Å². The van der Waals surface area contributed by atoms with Crippen molar-refractivity contribution in [2.45, 2.75) is 73.1 Å². The molecule has 0 aromatic carbocycles. The normalized spacial score (nSPS) is 39.3. The van der Waals surface area contributed by atoms with Gasteiger partial charge < -0.3 is 12.8 Å². The van der Waals surface area contributed by atoms with Crippen molar-refractivity contribution in [3.8, 4) is 0 Å². The molecule has 0 N–H and O–H groups in total. The summed E-state index contributed by atoms with van der Waals surface area (Å²) in [6.45, 7) is 16.6. The first-order chi connectivity index (χ1) is 8.87. The molecule has 0 radical (unpaired) electrons. The van der Waals surface area contributed by atoms with Crippen LogP contribution in [0.5, 0.6) is 0 Å². The Morgan fingerprint density at radius 2 is 1.90 bits per heavy atom. The fourth-order valence-electron chi connectivity index (χ4n) is 5.15. The van der Waals surface area contributed by atoms with E-state index in [0.29, 0.717) is 5.41 Å². The third-order valence-electron chi connectivity index (χ3n) is 6.83. The van der Waals surface area contributed by atoms with Crippen LogP contribution in [-0.2, 0) is 21.1 Å². The topological polar surface area (TPSA) is 0 Å². The summed E-state index contributed by atoms with van der Waals surface area (Å²) in [7, 11) is 0. The minimum atomic E-state index is 0. The van der Waals surface area contributed by atoms with E-state index in [2.05, 4.69) is 41.5 Å². The molecule has 0 aliphatic heterocycles. The Kier molecular flexibility index (Phi) is 6.84. The molecule has 0 heterocycles. The van der Waals surface area contributed by atoms with Crippen LogP contribution < -0.4 is 0 Å². The quantitative estimate of drug-likeness (QED) is 0.451. The Bertz CT molecular complexity index is 296. The third-order valence-corrected chi connectivity index (χ3v) is 6.83. The van der Waals surface area contributed by atoms with E-state index in [-0.39, 0.29) is 21.1 Å². The van der Waals surface area contributed by atoms with E-state index in [9.17, 15) is 0 Å². The summed E-state index contributed by atoms with van der Waals surface area (Å²) >= 11 is 0. The first-order valence-electron chi connectivity index (χ1n) is 8.49. The Morgan fingerprint density at radius 3 is 2.50 bits per heavy atom. The summed E-state index contributed by atoms with van der Waals surface area (Å²) in [6, 6.07) is 0. The first kappa shape index (κ1) is 18.7. The zero-order valence-electron chi connectivity index (χ0n) is 14.2. The molecule has 2 fully saturated rings. The van der Waals surface area contributed by atoms with Crippen molar-refractivity contribution in [2.24, 2.45) is 35.0 Å². The molecule has 0 amide bonds. The molecule has 2 bridgehead atoms. The van der Waals surface area contributed by atoms with Gasteiger partial charge in [-0.05, 0) is 29.6 Å². The zero-order valence-corrected chi connectivity index (χ0v) is 16.4. The molecule has 2 rings (SSSR count). The van der Waals surface area contributed by atoms with Crippen LogP contribution in [0.15, 0.2) is 0 Å². The van der Waals surface area contributed by atoms with Gasteiger partial charge in [0.2, 0.25) is 0 Å². The van der Waals surface area contributed by atoms with Crippen LogP contribution in [0.1, 0.15) is 73.1 Å². The number of fused-ring (bicyclic) bond motifs is 2. The fraction of sp³-hybridized carbons (Fsp3) is 0.895. The maximum Gasteiger partial charge on any atom is 2.00 e. The maximum absolute atomic E-state index is 4.16. The number of hydrogen-bond donors (Lipinski definition) is 0. The fourth-order valence-corrected chi connectivity index (χ4v) is 5.15. The summed E-state index contributed by atoms with van der Waals surface area (Å²) in [4.78, 5) is 0. The molecule has 0 unspecified atom stereocenters. The predicted molar refractivity (Wildman–Crippen MR) is 84.6 cm³/mol. The summed E-state index contributed by atoms with van der Waals surface area (Å²) in [6.07, 6.45) is 8.23. The van der Waals surface area contributed by atoms with Gasteiger partial charge >= 0.3 is 21.1 Å². The molecule has 1 heteroatoms. The van der Waals surface area contributed by atoms with E-state index >= 15 is 0 Å². The van der Waals surface area contributed by atoms with Crippen molar-refractivity contribution in [3.63, 3.8) is 0 Å². The molecule has 0 aromatic rings. The average molecular weight is 458 g/mol. The Balaban J connectivity index is 0.00000200. The van der Waals surface area contributed by atoms with Crippen molar-refractivity contribution >= 4 is 0 Å². The monoisotopic (exact) mass is 457 g/mol. The van der Waals surface area contributed by atoms with Crippen molar-refractivity contribution < 1.29 is 21.1 Å². The molecule has 120 valence electrons. The minimum absolute atomic E-state index is 0. The largest absolute Gasteiger partial charge is 2.00 e. The van der Waals surface area contributed by atoms with Gasteiger partial charge in [0.1, 0.15) is 0 Å². The molecule has 0 spiro atoms. The molecule has 5 atom stereocenters. The van der Waals surface area contributed by atoms with Crippen molar-refractivity contribution in [2.75, 3.05) is 0 Å². The molecule has 20 heavy (non-hydrogen) atoms. The molecular formula is C19H34Pt. The van der Waals surface area contributed by atoms with Gasteiger partial charge in [0.05, 0.1) is 0 Å². The van der Waals surface area contributed by atoms with Gasteiger partial charge in [0, 0.05) is 0 Å². The van der Waals surface area contributed by atoms with Gasteiger partial charge in [-0.25, -0.2) is 0 Å². The molecule has 2 saturated carbocycles. The van der Waals surface area contributed by atoms with Crippen LogP contribution >= 0.6 is 0 Å². The average Bonchev–Trinajstić information content (AvgIpc) is 2.35. The molecule has 0 nitrogen and oxygen atoms in total. The second-order valence-corrected chi connectivity index (χ2v) is 8.17. The van der Waals surface area contributed by atoms with Crippen LogP contribution in [0.3, 0.4) is 0 Å². The van der Waals surface area contributed by atoms with Gasteiger partial charge in [-0.1, -0.05) is 52.9 Å². The molecule has 2 aliphatic carbocycles. The Morgan fingerprint density at radius 1 is 1.25 bits per heavy atom. The predicted octanol–water partition coefficient (Wildman–Crippen LogP) is 5.93. The van der Waals surface area contributed by atoms with Crippen LogP contribution in [0.2, 0.25) is 0 Å². The summed E-state index contributed by atoms with van der Waals surface area (Å²) in [5.41, 5.74) is 0.553. The van der Waals surface area contributed by atoms with Crippen LogP contribution in [0.25, 0.3) is 0 Å². The van der Waals surface area contributed by atoms with E-state index in [1.165, 1.54) is 32.1 Å². The Labute approximate surface area is 142 Å². The SMILES string of the molecule is [CH2-]C[C@@H](C)[C@H]1C[C@@H]2CC[C@@H](C)[C@H](CC[C-]1C)C2(C)C.[Pt+2]. The van der Waals surface area contributed by atoms with E-state index in [4.69, 9.17) is 0 Å². The molecule has 0 aromatic heterocycles. The van der Waals surface area contributed by atoms with Gasteiger partial charge in [-0.3, -0.25) is 0 Å². The summed E-state index contributed by atoms with van der Waals surface area (Å²) < 4.78 is 0. The van der Waals surface area contributed by atoms with E-state index in [1.54, 1.807) is 5.92 Å². The smallest absolute Gasteiger partial charge is 0.343 e. The third kappa shape index (κ3) is 3.53. The van der Waals surface area contributed by atoms with E-state index in [1.807, 2.05) is 0 Å². The van der Waals surface area contributed by atoms with Gasteiger partial charge in [0.15, 0.2) is 0 Å². The second kappa shape index (κ2) is 7.30. The van der Waals surface area contributed by atoms with Gasteiger partial charge in [-0.2, -0.15) is 25.7 Å². The van der Waals surface area contributed by atoms with Crippen LogP contribution in [-0.4, -0.2) is 0 Å². The zero-order chi connectivity index (χ0) is 14.2. The van der Waals surface area contributed by atoms with E-state index in [0.717, 1.165) is 36.0 Å². The maximum atomic E-state index is 4.16. The van der Waals surface area contributed by atoms with Crippen molar-refractivity contribution in [3.05, 3.63) is 12.8 Å². The van der Waals surface area contributed by atoms with E-state index < -0.39 is 0 Å². The van der Waals surface area contributed by atoms with Crippen molar-refractivity contribution in [1.82, 2.24) is 0 Å². The standard InChI is InChI=1S/C19H34.Pt/c1-7-13(2)17-12-16-10-8-15(4)18(19(16,5)6)11-9-14(17)3;/h13,15-18H,1,7-12H2,2-6H3;/q-2;+2/t13-,15-,16+,17-,18+;/m1./s1. The number of hydrogen-bond acceptors (Lipinski definition) is 0. The summed E-state index contributed by atoms with van der Waals surface area (Å²) in [5, 5.41) is 0. The summed E-state index contributed by atoms with van der Waals surface area (Å²) in [5.74, 6) is 6.18. The molecular weight excluding hydrogens is 423 g/mol. The number of rotatable bonds is 2. The van der Waals surface area contributed by atoms with Gasteiger partial charge in [0.25, 0.3) is 0 Å².